The molecule has 1 unspecified atom stereocenters. The predicted molar refractivity (Wildman–Crippen MR) is 158 cm³/mol. The van der Waals surface area contributed by atoms with Gasteiger partial charge in [0.1, 0.15) is 0 Å². The SMILES string of the molecule is Nc1nccc(-c2cccnc2Oc2ccc([AsH]c3nnc(-c4ccc(CCO)cc4)c4ccccc34)cc2)n1. The molecular formula is C31H25AsN6O2. The van der Waals surface area contributed by atoms with E-state index in [9.17, 15) is 5.11 Å². The van der Waals surface area contributed by atoms with Gasteiger partial charge in [-0.15, -0.1) is 0 Å². The summed E-state index contributed by atoms with van der Waals surface area (Å²) in [6, 6.07) is 30.0. The van der Waals surface area contributed by atoms with Crippen LogP contribution in [0.4, 0.5) is 5.95 Å². The molecule has 196 valence electrons. The van der Waals surface area contributed by atoms with Gasteiger partial charge >= 0.3 is 238 Å². The quantitative estimate of drug-likeness (QED) is 0.260. The number of ether oxygens (including phenoxy) is 1. The molecule has 0 saturated heterocycles. The van der Waals surface area contributed by atoms with Gasteiger partial charge in [0.25, 0.3) is 0 Å². The van der Waals surface area contributed by atoms with E-state index < -0.39 is 15.8 Å². The van der Waals surface area contributed by atoms with Crippen LogP contribution in [-0.2, 0) is 6.42 Å². The van der Waals surface area contributed by atoms with Crippen molar-refractivity contribution in [3.8, 4) is 34.1 Å². The van der Waals surface area contributed by atoms with E-state index in [0.29, 0.717) is 23.7 Å². The van der Waals surface area contributed by atoms with E-state index in [0.717, 1.165) is 37.6 Å². The summed E-state index contributed by atoms with van der Waals surface area (Å²) in [5, 5.41) is 20.7. The third kappa shape index (κ3) is 5.54. The van der Waals surface area contributed by atoms with Gasteiger partial charge in [0.05, 0.1) is 0 Å². The molecule has 0 aliphatic rings. The summed E-state index contributed by atoms with van der Waals surface area (Å²) in [7, 11) is 0. The Morgan fingerprint density at radius 2 is 1.57 bits per heavy atom. The van der Waals surface area contributed by atoms with Gasteiger partial charge in [0.15, 0.2) is 0 Å². The molecule has 0 bridgehead atoms. The number of hydrogen-bond donors (Lipinski definition) is 2. The van der Waals surface area contributed by atoms with Crippen LogP contribution in [0.1, 0.15) is 5.56 Å². The van der Waals surface area contributed by atoms with E-state index in [1.54, 1.807) is 18.5 Å². The van der Waals surface area contributed by atoms with E-state index in [-0.39, 0.29) is 12.6 Å². The fourth-order valence-corrected chi connectivity index (χ4v) is 6.64. The average Bonchev–Trinajstić information content (AvgIpc) is 2.99. The van der Waals surface area contributed by atoms with E-state index >= 15 is 0 Å². The second-order valence-electron chi connectivity index (χ2n) is 9.02. The van der Waals surface area contributed by atoms with Crippen molar-refractivity contribution in [2.45, 2.75) is 6.42 Å². The number of aliphatic hydroxyl groups excluding tert-OH is 1. The van der Waals surface area contributed by atoms with Crippen LogP contribution < -0.4 is 19.3 Å². The van der Waals surface area contributed by atoms with E-state index in [2.05, 4.69) is 49.4 Å². The molecule has 0 aliphatic carbocycles. The van der Waals surface area contributed by atoms with Crippen LogP contribution in [-0.4, -0.2) is 52.6 Å². The monoisotopic (exact) mass is 588 g/mol. The first kappa shape index (κ1) is 25.6. The van der Waals surface area contributed by atoms with Gasteiger partial charge in [-0.3, -0.25) is 0 Å². The van der Waals surface area contributed by atoms with Crippen molar-refractivity contribution in [3.63, 3.8) is 0 Å². The third-order valence-corrected chi connectivity index (χ3v) is 8.94. The molecule has 9 heteroatoms. The summed E-state index contributed by atoms with van der Waals surface area (Å²) >= 11 is -0.756. The van der Waals surface area contributed by atoms with Crippen molar-refractivity contribution in [3.05, 3.63) is 109 Å². The first-order valence-electron chi connectivity index (χ1n) is 12.7. The molecule has 1 atom stereocenters. The summed E-state index contributed by atoms with van der Waals surface area (Å²) in [6.07, 6.45) is 3.93. The maximum atomic E-state index is 9.21. The third-order valence-electron chi connectivity index (χ3n) is 6.37. The van der Waals surface area contributed by atoms with Gasteiger partial charge in [0.2, 0.25) is 0 Å². The van der Waals surface area contributed by atoms with Crippen LogP contribution in [0.2, 0.25) is 0 Å². The minimum atomic E-state index is -0.756. The minimum absolute atomic E-state index is 0.136. The van der Waals surface area contributed by atoms with Crippen molar-refractivity contribution >= 4 is 41.3 Å². The summed E-state index contributed by atoms with van der Waals surface area (Å²) in [5.41, 5.74) is 10.1. The number of nitrogens with zero attached hydrogens (tertiary/aromatic N) is 5. The van der Waals surface area contributed by atoms with Gasteiger partial charge in [-0.1, -0.05) is 0 Å². The number of fused-ring (bicyclic) bond motifs is 1. The Morgan fingerprint density at radius 1 is 0.775 bits per heavy atom. The number of hydrogen-bond acceptors (Lipinski definition) is 8. The Morgan fingerprint density at radius 3 is 2.35 bits per heavy atom. The number of aromatic nitrogens is 5. The first-order valence-corrected chi connectivity index (χ1v) is 14.8. The molecule has 0 radical (unpaired) electrons. The van der Waals surface area contributed by atoms with E-state index in [4.69, 9.17) is 10.5 Å². The Kier molecular flexibility index (Phi) is 7.44. The molecule has 3 N–H and O–H groups in total. The number of nitrogens with two attached hydrogens (primary N) is 1. The zero-order valence-corrected chi connectivity index (χ0v) is 23.5. The molecule has 0 fully saturated rings. The Balaban J connectivity index is 1.24. The normalized spacial score (nSPS) is 11.3. The topological polar surface area (TPSA) is 120 Å². The molecular weight excluding hydrogens is 563 g/mol. The van der Waals surface area contributed by atoms with Crippen LogP contribution in [0.3, 0.4) is 0 Å². The molecule has 8 nitrogen and oxygen atoms in total. The fraction of sp³-hybridized carbons (Fsp3) is 0.0645. The van der Waals surface area contributed by atoms with Gasteiger partial charge in [0, 0.05) is 0 Å². The van der Waals surface area contributed by atoms with Crippen LogP contribution in [0, 0.1) is 0 Å². The van der Waals surface area contributed by atoms with Crippen LogP contribution in [0.5, 0.6) is 11.6 Å². The van der Waals surface area contributed by atoms with Crippen molar-refractivity contribution < 1.29 is 9.84 Å². The zero-order chi connectivity index (χ0) is 27.3. The maximum absolute atomic E-state index is 9.21. The standard InChI is InChI=1S/C31H25AsN6O2/c33-31-35-18-15-27(36-31)26-6-3-17-34-30(26)40-23-13-11-22(12-14-23)32-29-25-5-2-1-4-24(25)28(37-38-29)21-9-7-20(8-10-21)16-19-39/h1-15,17-18,32,39H,16,19H2,(H2,33,35,36). The second-order valence-corrected chi connectivity index (χ2v) is 11.8. The molecule has 0 saturated carbocycles. The first-order chi connectivity index (χ1) is 19.7. The van der Waals surface area contributed by atoms with Gasteiger partial charge < -0.3 is 0 Å². The summed E-state index contributed by atoms with van der Waals surface area (Å²) in [4.78, 5) is 12.7. The van der Waals surface area contributed by atoms with Crippen LogP contribution in [0.15, 0.2) is 103 Å². The molecule has 0 amide bonds. The number of aliphatic hydroxyl groups is 1. The van der Waals surface area contributed by atoms with Crippen LogP contribution >= 0.6 is 0 Å². The van der Waals surface area contributed by atoms with Crippen molar-refractivity contribution in [1.29, 1.82) is 0 Å². The number of pyridine rings is 1. The van der Waals surface area contributed by atoms with Gasteiger partial charge in [-0.25, -0.2) is 0 Å². The predicted octanol–water partition coefficient (Wildman–Crippen LogP) is 3.45. The summed E-state index contributed by atoms with van der Waals surface area (Å²) in [5.74, 6) is 1.32. The van der Waals surface area contributed by atoms with Gasteiger partial charge in [-0.2, -0.15) is 0 Å². The molecule has 6 aromatic rings. The Hall–Kier alpha value is -4.65. The molecule has 0 aliphatic heterocycles. The molecule has 3 aromatic carbocycles. The number of rotatable bonds is 8. The Bertz CT molecular complexity index is 1780. The number of benzene rings is 3. The van der Waals surface area contributed by atoms with E-state index in [1.807, 2.05) is 60.7 Å². The molecule has 6 rings (SSSR count). The second kappa shape index (κ2) is 11.6. The summed E-state index contributed by atoms with van der Waals surface area (Å²) in [6.45, 7) is 0.136. The fourth-order valence-electron chi connectivity index (χ4n) is 4.41. The van der Waals surface area contributed by atoms with Crippen molar-refractivity contribution in [2.75, 3.05) is 12.3 Å². The van der Waals surface area contributed by atoms with Crippen molar-refractivity contribution in [1.82, 2.24) is 25.1 Å². The van der Waals surface area contributed by atoms with E-state index in [1.165, 1.54) is 4.35 Å². The number of nitrogen functional groups attached to an aromatic ring is 1. The molecule has 3 aromatic heterocycles. The van der Waals surface area contributed by atoms with Gasteiger partial charge in [-0.05, 0) is 0 Å². The zero-order valence-electron chi connectivity index (χ0n) is 21.4. The number of anilines is 1. The Labute approximate surface area is 237 Å². The van der Waals surface area contributed by atoms with Crippen LogP contribution in [0.25, 0.3) is 33.3 Å². The summed E-state index contributed by atoms with van der Waals surface area (Å²) < 4.78 is 8.36. The molecule has 3 heterocycles. The average molecular weight is 589 g/mol. The molecule has 40 heavy (non-hydrogen) atoms. The molecule has 0 spiro atoms. The van der Waals surface area contributed by atoms with Crippen molar-refractivity contribution in [2.24, 2.45) is 0 Å².